The Morgan fingerprint density at radius 1 is 1.33 bits per heavy atom. The van der Waals surface area contributed by atoms with Gasteiger partial charge in [0.05, 0.1) is 0 Å². The van der Waals surface area contributed by atoms with E-state index < -0.39 is 0 Å². The zero-order chi connectivity index (χ0) is 5.40. The van der Waals surface area contributed by atoms with Gasteiger partial charge in [0.25, 0.3) is 0 Å². The van der Waals surface area contributed by atoms with Crippen LogP contribution in [0, 0.1) is 0 Å². The summed E-state index contributed by atoms with van der Waals surface area (Å²) in [7, 11) is 0. The van der Waals surface area contributed by atoms with Gasteiger partial charge in [-0.1, -0.05) is 12.1 Å². The maximum absolute atomic E-state index is 5.18. The number of hydrogen-bond acceptors (Lipinski definition) is 2. The summed E-state index contributed by atoms with van der Waals surface area (Å²) in [6, 6.07) is 8.10. The molecule has 9 heavy (non-hydrogen) atoms. The van der Waals surface area contributed by atoms with Crippen LogP contribution in [-0.2, 0) is 6.61 Å². The largest absolute Gasteiger partial charge is 0.489 e. The second kappa shape index (κ2) is 2.07. The molecule has 0 atom stereocenters. The molecule has 1 aliphatic rings. The van der Waals surface area contributed by atoms with Crippen LogP contribution >= 0.6 is 0 Å². The molecule has 2 rings (SSSR count). The van der Waals surface area contributed by atoms with Crippen LogP contribution in [0.15, 0.2) is 24.3 Å². The van der Waals surface area contributed by atoms with Gasteiger partial charge >= 0.3 is 0 Å². The molecule has 0 aromatic heterocycles. The highest BCUT2D eigenvalue weighted by Crippen LogP contribution is 2.20. The first-order valence-corrected chi connectivity index (χ1v) is 2.67. The molecule has 0 amide bonds. The molecule has 0 spiro atoms. The first-order valence-electron chi connectivity index (χ1n) is 2.67. The molecule has 0 saturated carbocycles. The van der Waals surface area contributed by atoms with Gasteiger partial charge in [-0.15, -0.1) is 0 Å². The first kappa shape index (κ1) is 6.11. The van der Waals surface area contributed by atoms with Gasteiger partial charge in [0.15, 0.2) is 0 Å². The van der Waals surface area contributed by atoms with E-state index in [-0.39, 0.29) is 6.15 Å². The monoisotopic (exact) mass is 123 g/mol. The van der Waals surface area contributed by atoms with E-state index in [1.165, 1.54) is 5.56 Å². The molecule has 1 aliphatic heterocycles. The summed E-state index contributed by atoms with van der Waals surface area (Å²) in [5.74, 6) is 1.00. The Balaban J connectivity index is 0.000000405. The van der Waals surface area contributed by atoms with Gasteiger partial charge < -0.3 is 10.9 Å². The van der Waals surface area contributed by atoms with E-state index in [9.17, 15) is 0 Å². The van der Waals surface area contributed by atoms with E-state index >= 15 is 0 Å². The minimum Gasteiger partial charge on any atom is -0.489 e. The predicted octanol–water partition coefficient (Wildman–Crippen LogP) is 1.74. The molecule has 3 N–H and O–H groups in total. The SMILES string of the molecule is N.c1cc2cc(c1)OC2. The van der Waals surface area contributed by atoms with Crippen LogP contribution in [0.2, 0.25) is 0 Å². The summed E-state index contributed by atoms with van der Waals surface area (Å²) >= 11 is 0. The number of rotatable bonds is 0. The zero-order valence-corrected chi connectivity index (χ0v) is 5.13. The molecule has 0 radical (unpaired) electrons. The van der Waals surface area contributed by atoms with Crippen LogP contribution < -0.4 is 10.9 Å². The van der Waals surface area contributed by atoms with Crippen molar-refractivity contribution in [2.45, 2.75) is 6.61 Å². The zero-order valence-electron chi connectivity index (χ0n) is 5.13. The molecule has 1 aromatic rings. The average Bonchev–Trinajstić information content (AvgIpc) is 2.12. The van der Waals surface area contributed by atoms with E-state index in [4.69, 9.17) is 4.74 Å². The Kier molecular flexibility index (Phi) is 1.40. The summed E-state index contributed by atoms with van der Waals surface area (Å²) in [6.07, 6.45) is 0. The smallest absolute Gasteiger partial charge is 0.120 e. The third-order valence-electron chi connectivity index (χ3n) is 1.30. The van der Waals surface area contributed by atoms with Gasteiger partial charge in [0.2, 0.25) is 0 Å². The van der Waals surface area contributed by atoms with Crippen LogP contribution in [0.3, 0.4) is 0 Å². The summed E-state index contributed by atoms with van der Waals surface area (Å²) < 4.78 is 5.18. The maximum atomic E-state index is 5.18. The average molecular weight is 123 g/mol. The number of benzene rings is 1. The van der Waals surface area contributed by atoms with E-state index in [0.717, 1.165) is 12.4 Å². The molecular formula is C7H9NO. The lowest BCUT2D eigenvalue weighted by atomic mass is 10.2. The fraction of sp³-hybridized carbons (Fsp3) is 0.143. The molecule has 0 fully saturated rings. The minimum absolute atomic E-state index is 0. The van der Waals surface area contributed by atoms with Crippen LogP contribution in [0.1, 0.15) is 5.56 Å². The summed E-state index contributed by atoms with van der Waals surface area (Å²) in [4.78, 5) is 0. The van der Waals surface area contributed by atoms with Gasteiger partial charge in [-0.05, 0) is 17.7 Å². The van der Waals surface area contributed by atoms with E-state index in [1.807, 2.05) is 12.1 Å². The normalized spacial score (nSPS) is 12.0. The lowest BCUT2D eigenvalue weighted by Crippen LogP contribution is -1.80. The van der Waals surface area contributed by atoms with E-state index in [0.29, 0.717) is 0 Å². The quantitative estimate of drug-likeness (QED) is 0.571. The van der Waals surface area contributed by atoms with Gasteiger partial charge in [0, 0.05) is 0 Å². The topological polar surface area (TPSA) is 44.2 Å². The van der Waals surface area contributed by atoms with E-state index in [2.05, 4.69) is 12.1 Å². The third kappa shape index (κ3) is 0.886. The minimum atomic E-state index is 0. The van der Waals surface area contributed by atoms with Crippen molar-refractivity contribution in [3.63, 3.8) is 0 Å². The second-order valence-corrected chi connectivity index (χ2v) is 1.94. The highest BCUT2D eigenvalue weighted by atomic mass is 16.5. The highest BCUT2D eigenvalue weighted by molar-refractivity contribution is 5.32. The highest BCUT2D eigenvalue weighted by Gasteiger charge is 2.03. The van der Waals surface area contributed by atoms with E-state index in [1.54, 1.807) is 0 Å². The molecule has 0 unspecified atom stereocenters. The molecular weight excluding hydrogens is 114 g/mol. The molecule has 0 aliphatic carbocycles. The molecule has 2 nitrogen and oxygen atoms in total. The van der Waals surface area contributed by atoms with Crippen LogP contribution in [-0.4, -0.2) is 0 Å². The second-order valence-electron chi connectivity index (χ2n) is 1.94. The summed E-state index contributed by atoms with van der Waals surface area (Å²) in [5.41, 5.74) is 1.28. The Hall–Kier alpha value is -1.02. The molecule has 0 saturated heterocycles. The molecule has 2 heteroatoms. The molecule has 1 aromatic carbocycles. The van der Waals surface area contributed by atoms with Crippen molar-refractivity contribution in [3.8, 4) is 5.75 Å². The first-order chi connectivity index (χ1) is 3.95. The third-order valence-corrected chi connectivity index (χ3v) is 1.30. The molecule has 48 valence electrons. The van der Waals surface area contributed by atoms with Crippen molar-refractivity contribution < 1.29 is 4.74 Å². The Morgan fingerprint density at radius 3 is 2.89 bits per heavy atom. The van der Waals surface area contributed by atoms with Crippen LogP contribution in [0.25, 0.3) is 0 Å². The summed E-state index contributed by atoms with van der Waals surface area (Å²) in [6.45, 7) is 0.766. The fourth-order valence-electron chi connectivity index (χ4n) is 0.892. The predicted molar refractivity (Wildman–Crippen MR) is 35.8 cm³/mol. The molecule has 1 heterocycles. The van der Waals surface area contributed by atoms with Crippen LogP contribution in [0.5, 0.6) is 5.75 Å². The van der Waals surface area contributed by atoms with Gasteiger partial charge in [0.1, 0.15) is 12.4 Å². The molecule has 2 bridgehead atoms. The van der Waals surface area contributed by atoms with Crippen molar-refractivity contribution >= 4 is 0 Å². The Bertz CT molecular complexity index is 191. The van der Waals surface area contributed by atoms with Crippen molar-refractivity contribution in [2.75, 3.05) is 0 Å². The number of fused-ring (bicyclic) bond motifs is 2. The fourth-order valence-corrected chi connectivity index (χ4v) is 0.892. The van der Waals surface area contributed by atoms with Gasteiger partial charge in [-0.25, -0.2) is 0 Å². The Labute approximate surface area is 54.0 Å². The van der Waals surface area contributed by atoms with Crippen molar-refractivity contribution in [1.82, 2.24) is 6.15 Å². The van der Waals surface area contributed by atoms with Crippen molar-refractivity contribution in [3.05, 3.63) is 29.8 Å². The summed E-state index contributed by atoms with van der Waals surface area (Å²) in [5, 5.41) is 0. The van der Waals surface area contributed by atoms with Crippen LogP contribution in [0.4, 0.5) is 0 Å². The van der Waals surface area contributed by atoms with Crippen molar-refractivity contribution in [1.29, 1.82) is 0 Å². The Morgan fingerprint density at radius 2 is 2.22 bits per heavy atom. The lowest BCUT2D eigenvalue weighted by Gasteiger charge is -1.88. The van der Waals surface area contributed by atoms with Gasteiger partial charge in [-0.2, -0.15) is 0 Å². The number of hydrogen-bond donors (Lipinski definition) is 1. The lowest BCUT2D eigenvalue weighted by molar-refractivity contribution is 0.328. The van der Waals surface area contributed by atoms with Gasteiger partial charge in [-0.3, -0.25) is 0 Å². The standard InChI is InChI=1S/C7H6O.H3N/c1-2-6-4-7(3-1)8-5-6;/h1-4H,5H2;1H3. The van der Waals surface area contributed by atoms with Crippen molar-refractivity contribution in [2.24, 2.45) is 0 Å². The maximum Gasteiger partial charge on any atom is 0.120 e. The number of ether oxygens (including phenoxy) is 1.